The van der Waals surface area contributed by atoms with E-state index in [1.54, 1.807) is 0 Å². The van der Waals surface area contributed by atoms with Crippen molar-refractivity contribution < 1.29 is 18.3 Å². The molecule has 28 heavy (non-hydrogen) atoms. The Labute approximate surface area is 161 Å². The van der Waals surface area contributed by atoms with Crippen molar-refractivity contribution in [2.45, 2.75) is 26.4 Å². The van der Waals surface area contributed by atoms with E-state index in [4.69, 9.17) is 9.47 Å². The minimum Gasteiger partial charge on any atom is -0.493 e. The minimum absolute atomic E-state index is 0.0433. The molecule has 2 heterocycles. The molecule has 1 aromatic heterocycles. The SMILES string of the molecule is Cc1cc2cc(c1)O[C@@H](C)CCOc1cc(F)ccc1-c1nc(ncc1F)N2. The lowest BCUT2D eigenvalue weighted by Gasteiger charge is -2.19. The van der Waals surface area contributed by atoms with Gasteiger partial charge in [-0.2, -0.15) is 0 Å². The first kappa shape index (κ1) is 18.2. The summed E-state index contributed by atoms with van der Waals surface area (Å²) in [5.41, 5.74) is 2.13. The molecule has 2 aromatic carbocycles. The van der Waals surface area contributed by atoms with Gasteiger partial charge in [0, 0.05) is 29.8 Å². The fourth-order valence-electron chi connectivity index (χ4n) is 3.07. The zero-order valence-electron chi connectivity index (χ0n) is 15.5. The lowest BCUT2D eigenvalue weighted by atomic mass is 10.1. The molecule has 4 rings (SSSR count). The summed E-state index contributed by atoms with van der Waals surface area (Å²) in [6, 6.07) is 9.62. The van der Waals surface area contributed by atoms with E-state index in [1.165, 1.54) is 18.2 Å². The van der Waals surface area contributed by atoms with Crippen LogP contribution in [0.15, 0.2) is 42.6 Å². The number of anilines is 2. The Kier molecular flexibility index (Phi) is 4.81. The van der Waals surface area contributed by atoms with Crippen LogP contribution in [-0.4, -0.2) is 22.7 Å². The maximum atomic E-state index is 14.5. The van der Waals surface area contributed by atoms with Gasteiger partial charge in [0.1, 0.15) is 23.0 Å². The van der Waals surface area contributed by atoms with Crippen molar-refractivity contribution in [3.63, 3.8) is 0 Å². The van der Waals surface area contributed by atoms with Crippen molar-refractivity contribution in [2.75, 3.05) is 11.9 Å². The van der Waals surface area contributed by atoms with E-state index in [2.05, 4.69) is 15.3 Å². The first-order valence-electron chi connectivity index (χ1n) is 8.98. The third kappa shape index (κ3) is 3.88. The van der Waals surface area contributed by atoms with Crippen LogP contribution in [0.25, 0.3) is 11.3 Å². The second-order valence-electron chi connectivity index (χ2n) is 6.76. The molecular weight excluding hydrogens is 364 g/mol. The molecule has 1 N–H and O–H groups in total. The topological polar surface area (TPSA) is 56.3 Å². The predicted molar refractivity (Wildman–Crippen MR) is 102 cm³/mol. The molecule has 3 aromatic rings. The van der Waals surface area contributed by atoms with Gasteiger partial charge in [0.25, 0.3) is 0 Å². The van der Waals surface area contributed by atoms with Gasteiger partial charge in [-0.3, -0.25) is 0 Å². The summed E-state index contributed by atoms with van der Waals surface area (Å²) in [4.78, 5) is 8.30. The third-order valence-corrected chi connectivity index (χ3v) is 4.37. The normalized spacial score (nSPS) is 16.1. The Morgan fingerprint density at radius 2 is 2.00 bits per heavy atom. The first-order valence-corrected chi connectivity index (χ1v) is 8.98. The van der Waals surface area contributed by atoms with E-state index in [0.29, 0.717) is 17.7 Å². The number of halogens is 2. The van der Waals surface area contributed by atoms with Crippen LogP contribution in [0, 0.1) is 18.6 Å². The molecule has 5 nitrogen and oxygen atoms in total. The van der Waals surface area contributed by atoms with Crippen LogP contribution in [0.5, 0.6) is 11.5 Å². The zero-order chi connectivity index (χ0) is 19.7. The van der Waals surface area contributed by atoms with Crippen LogP contribution >= 0.6 is 0 Å². The van der Waals surface area contributed by atoms with Crippen molar-refractivity contribution in [1.82, 2.24) is 9.97 Å². The number of nitrogens with zero attached hydrogens (tertiary/aromatic N) is 2. The van der Waals surface area contributed by atoms with Crippen LogP contribution in [0.2, 0.25) is 0 Å². The molecule has 0 radical (unpaired) electrons. The average molecular weight is 383 g/mol. The molecule has 0 saturated carbocycles. The summed E-state index contributed by atoms with van der Waals surface area (Å²) in [6.07, 6.45) is 1.53. The molecule has 0 amide bonds. The summed E-state index contributed by atoms with van der Waals surface area (Å²) in [5.74, 6) is 0.0505. The Bertz CT molecular complexity index is 1030. The molecule has 1 atom stereocenters. The fraction of sp³-hybridized carbons (Fsp3) is 0.238. The molecule has 1 aliphatic rings. The van der Waals surface area contributed by atoms with Gasteiger partial charge in [0.05, 0.1) is 18.9 Å². The van der Waals surface area contributed by atoms with E-state index in [9.17, 15) is 8.78 Å². The smallest absolute Gasteiger partial charge is 0.227 e. The number of aryl methyl sites for hydroxylation is 1. The highest BCUT2D eigenvalue weighted by Gasteiger charge is 2.17. The van der Waals surface area contributed by atoms with Gasteiger partial charge in [0.2, 0.25) is 5.95 Å². The van der Waals surface area contributed by atoms with Gasteiger partial charge in [-0.05, 0) is 43.7 Å². The van der Waals surface area contributed by atoms with Crippen LogP contribution in [0.1, 0.15) is 18.9 Å². The Morgan fingerprint density at radius 3 is 2.86 bits per heavy atom. The van der Waals surface area contributed by atoms with Gasteiger partial charge < -0.3 is 14.8 Å². The highest BCUT2D eigenvalue weighted by Crippen LogP contribution is 2.33. The van der Waals surface area contributed by atoms with Crippen molar-refractivity contribution in [3.8, 4) is 22.8 Å². The minimum atomic E-state index is -0.615. The van der Waals surface area contributed by atoms with Gasteiger partial charge in [-0.1, -0.05) is 0 Å². The maximum absolute atomic E-state index is 14.5. The molecule has 0 spiro atoms. The Balaban J connectivity index is 1.84. The van der Waals surface area contributed by atoms with E-state index < -0.39 is 11.6 Å². The molecule has 0 fully saturated rings. The number of fused-ring (bicyclic) bond motifs is 6. The van der Waals surface area contributed by atoms with Gasteiger partial charge in [-0.15, -0.1) is 0 Å². The number of rotatable bonds is 0. The summed E-state index contributed by atoms with van der Waals surface area (Å²) < 4.78 is 39.9. The second-order valence-corrected chi connectivity index (χ2v) is 6.76. The lowest BCUT2D eigenvalue weighted by molar-refractivity contribution is 0.177. The number of benzene rings is 2. The van der Waals surface area contributed by atoms with E-state index in [1.807, 2.05) is 32.0 Å². The second kappa shape index (κ2) is 7.42. The van der Waals surface area contributed by atoms with Gasteiger partial charge in [0.15, 0.2) is 5.82 Å². The number of hydrogen-bond donors (Lipinski definition) is 1. The summed E-state index contributed by atoms with van der Waals surface area (Å²) >= 11 is 0. The predicted octanol–water partition coefficient (Wildman–Crippen LogP) is 5.02. The van der Waals surface area contributed by atoms with Crippen molar-refractivity contribution >= 4 is 11.6 Å². The summed E-state index contributed by atoms with van der Waals surface area (Å²) in [7, 11) is 0. The largest absolute Gasteiger partial charge is 0.493 e. The molecule has 144 valence electrons. The van der Waals surface area contributed by atoms with Crippen LogP contribution in [0.4, 0.5) is 20.4 Å². The number of ether oxygens (including phenoxy) is 2. The van der Waals surface area contributed by atoms with E-state index in [-0.39, 0.29) is 30.1 Å². The highest BCUT2D eigenvalue weighted by atomic mass is 19.1. The quantitative estimate of drug-likeness (QED) is 0.590. The average Bonchev–Trinajstić information content (AvgIpc) is 2.63. The number of hydrogen-bond acceptors (Lipinski definition) is 5. The number of nitrogens with one attached hydrogen (secondary N) is 1. The molecule has 0 unspecified atom stereocenters. The maximum Gasteiger partial charge on any atom is 0.227 e. The van der Waals surface area contributed by atoms with Crippen LogP contribution in [-0.2, 0) is 0 Å². The van der Waals surface area contributed by atoms with Gasteiger partial charge in [-0.25, -0.2) is 18.7 Å². The molecular formula is C21H19F2N3O2. The van der Waals surface area contributed by atoms with E-state index in [0.717, 1.165) is 17.4 Å². The van der Waals surface area contributed by atoms with Crippen molar-refractivity contribution in [2.24, 2.45) is 0 Å². The summed E-state index contributed by atoms with van der Waals surface area (Å²) in [5, 5.41) is 3.08. The van der Waals surface area contributed by atoms with Crippen LogP contribution in [0.3, 0.4) is 0 Å². The molecule has 0 saturated heterocycles. The fourth-order valence-corrected chi connectivity index (χ4v) is 3.07. The number of aromatic nitrogens is 2. The van der Waals surface area contributed by atoms with Crippen molar-refractivity contribution in [1.29, 1.82) is 0 Å². The third-order valence-electron chi connectivity index (χ3n) is 4.37. The Hall–Kier alpha value is -3.22. The summed E-state index contributed by atoms with van der Waals surface area (Å²) in [6.45, 7) is 4.17. The van der Waals surface area contributed by atoms with Crippen molar-refractivity contribution in [3.05, 3.63) is 59.8 Å². The Morgan fingerprint density at radius 1 is 1.14 bits per heavy atom. The monoisotopic (exact) mass is 383 g/mol. The lowest BCUT2D eigenvalue weighted by Crippen LogP contribution is -2.16. The highest BCUT2D eigenvalue weighted by molar-refractivity contribution is 5.69. The molecule has 1 aliphatic heterocycles. The molecule has 4 bridgehead atoms. The standard InChI is InChI=1S/C21H19F2N3O2/c1-12-7-15-10-16(8-12)28-13(2)5-6-27-19-9-14(22)3-4-17(19)20-18(23)11-24-21(25-15)26-20/h3-4,7-11,13H,5-6H2,1-2H3,(H,24,25,26)/t13-/m0/s1. The first-order chi connectivity index (χ1) is 13.5. The molecule has 0 aliphatic carbocycles. The van der Waals surface area contributed by atoms with Gasteiger partial charge >= 0.3 is 0 Å². The van der Waals surface area contributed by atoms with Crippen LogP contribution < -0.4 is 14.8 Å². The van der Waals surface area contributed by atoms with E-state index >= 15 is 0 Å². The zero-order valence-corrected chi connectivity index (χ0v) is 15.5. The molecule has 7 heteroatoms.